The molecule has 0 fully saturated rings. The normalized spacial score (nSPS) is 10.8. The van der Waals surface area contributed by atoms with Gasteiger partial charge in [0.05, 0.1) is 24.4 Å². The van der Waals surface area contributed by atoms with Gasteiger partial charge in [-0.25, -0.2) is 0 Å². The van der Waals surface area contributed by atoms with Crippen LogP contribution < -0.4 is 5.32 Å². The number of aryl methyl sites for hydroxylation is 2. The van der Waals surface area contributed by atoms with E-state index in [2.05, 4.69) is 10.4 Å². The van der Waals surface area contributed by atoms with E-state index in [-0.39, 0.29) is 12.5 Å². The monoisotopic (exact) mass is 335 g/mol. The van der Waals surface area contributed by atoms with Gasteiger partial charge in [0.25, 0.3) is 5.91 Å². The molecule has 2 aromatic rings. The zero-order valence-corrected chi connectivity index (χ0v) is 14.2. The number of benzene rings is 1. The molecule has 0 saturated carbocycles. The Morgan fingerprint density at radius 1 is 1.26 bits per heavy atom. The lowest BCUT2D eigenvalue weighted by molar-refractivity contribution is 0.0953. The summed E-state index contributed by atoms with van der Waals surface area (Å²) in [5.41, 5.74) is 4.20. The highest BCUT2D eigenvalue weighted by Crippen LogP contribution is 2.13. The molecule has 124 valence electrons. The van der Waals surface area contributed by atoms with Gasteiger partial charge in [-0.2, -0.15) is 5.10 Å². The average Bonchev–Trinajstić information content (AvgIpc) is 2.82. The number of hydrogen-bond donors (Lipinski definition) is 2. The van der Waals surface area contributed by atoms with Crippen LogP contribution >= 0.6 is 11.6 Å². The molecule has 2 N–H and O–H groups in total. The van der Waals surface area contributed by atoms with Gasteiger partial charge >= 0.3 is 0 Å². The number of aromatic nitrogens is 2. The van der Waals surface area contributed by atoms with Crippen LogP contribution in [0.2, 0.25) is 0 Å². The number of rotatable bonds is 7. The summed E-state index contributed by atoms with van der Waals surface area (Å²) in [4.78, 5) is 12.4. The number of aliphatic hydroxyl groups excluding tert-OH is 1. The Morgan fingerprint density at radius 3 is 2.52 bits per heavy atom. The fraction of sp³-hybridized carbons (Fsp3) is 0.412. The predicted octanol–water partition coefficient (Wildman–Crippen LogP) is 2.20. The SMILES string of the molecule is Cc1nn(CCCl)c(C)c1C(=O)NCCc1ccc(CO)cc1. The zero-order chi connectivity index (χ0) is 16.8. The number of hydrogen-bond acceptors (Lipinski definition) is 3. The first-order valence-electron chi connectivity index (χ1n) is 7.63. The van der Waals surface area contributed by atoms with Gasteiger partial charge in [0.15, 0.2) is 0 Å². The second-order valence-electron chi connectivity index (χ2n) is 5.44. The first kappa shape index (κ1) is 17.5. The van der Waals surface area contributed by atoms with Gasteiger partial charge < -0.3 is 10.4 Å². The summed E-state index contributed by atoms with van der Waals surface area (Å²) in [6.07, 6.45) is 0.741. The maximum absolute atomic E-state index is 12.4. The smallest absolute Gasteiger partial charge is 0.255 e. The van der Waals surface area contributed by atoms with Crippen LogP contribution in [0.1, 0.15) is 32.9 Å². The lowest BCUT2D eigenvalue weighted by Crippen LogP contribution is -2.26. The predicted molar refractivity (Wildman–Crippen MR) is 90.8 cm³/mol. The van der Waals surface area contributed by atoms with Crippen molar-refractivity contribution in [3.05, 3.63) is 52.3 Å². The van der Waals surface area contributed by atoms with E-state index >= 15 is 0 Å². The maximum Gasteiger partial charge on any atom is 0.255 e. The molecule has 6 heteroatoms. The van der Waals surface area contributed by atoms with E-state index in [9.17, 15) is 4.79 Å². The zero-order valence-electron chi connectivity index (χ0n) is 13.5. The summed E-state index contributed by atoms with van der Waals surface area (Å²) in [6.45, 7) is 4.91. The summed E-state index contributed by atoms with van der Waals surface area (Å²) < 4.78 is 1.77. The van der Waals surface area contributed by atoms with Crippen LogP contribution in [0.5, 0.6) is 0 Å². The van der Waals surface area contributed by atoms with Crippen molar-refractivity contribution in [1.82, 2.24) is 15.1 Å². The number of aliphatic hydroxyl groups is 1. The second kappa shape index (κ2) is 8.13. The Balaban J connectivity index is 1.94. The van der Waals surface area contributed by atoms with E-state index in [4.69, 9.17) is 16.7 Å². The summed E-state index contributed by atoms with van der Waals surface area (Å²) in [5, 5.41) is 16.3. The van der Waals surface area contributed by atoms with Crippen molar-refractivity contribution < 1.29 is 9.90 Å². The van der Waals surface area contributed by atoms with Crippen LogP contribution in [-0.4, -0.2) is 33.2 Å². The molecule has 0 radical (unpaired) electrons. The Hall–Kier alpha value is -1.85. The van der Waals surface area contributed by atoms with Gasteiger partial charge in [-0.15, -0.1) is 11.6 Å². The molecule has 0 aliphatic carbocycles. The third-order valence-corrected chi connectivity index (χ3v) is 3.98. The van der Waals surface area contributed by atoms with Crippen LogP contribution in [0.4, 0.5) is 0 Å². The Labute approximate surface area is 141 Å². The Morgan fingerprint density at radius 2 is 1.91 bits per heavy atom. The molecule has 0 saturated heterocycles. The minimum Gasteiger partial charge on any atom is -0.392 e. The maximum atomic E-state index is 12.4. The van der Waals surface area contributed by atoms with Gasteiger partial charge in [-0.05, 0) is 31.4 Å². The molecule has 1 heterocycles. The van der Waals surface area contributed by atoms with Crippen molar-refractivity contribution in [2.45, 2.75) is 33.4 Å². The summed E-state index contributed by atoms with van der Waals surface area (Å²) in [5.74, 6) is 0.361. The number of nitrogens with one attached hydrogen (secondary N) is 1. The minimum atomic E-state index is -0.104. The lowest BCUT2D eigenvalue weighted by atomic mass is 10.1. The van der Waals surface area contributed by atoms with E-state index < -0.39 is 0 Å². The molecule has 5 nitrogen and oxygen atoms in total. The van der Waals surface area contributed by atoms with Gasteiger partial charge in [-0.1, -0.05) is 24.3 Å². The van der Waals surface area contributed by atoms with Crippen molar-refractivity contribution in [3.63, 3.8) is 0 Å². The Kier molecular flexibility index (Phi) is 6.19. The van der Waals surface area contributed by atoms with Crippen molar-refractivity contribution in [2.24, 2.45) is 0 Å². The van der Waals surface area contributed by atoms with Gasteiger partial charge in [-0.3, -0.25) is 9.48 Å². The lowest BCUT2D eigenvalue weighted by Gasteiger charge is -2.07. The van der Waals surface area contributed by atoms with E-state index in [0.717, 1.165) is 28.9 Å². The molecule has 0 unspecified atom stereocenters. The third kappa shape index (κ3) is 4.33. The van der Waals surface area contributed by atoms with E-state index in [1.165, 1.54) is 0 Å². The molecular formula is C17H22ClN3O2. The molecule has 1 aromatic carbocycles. The van der Waals surface area contributed by atoms with Crippen LogP contribution in [0.3, 0.4) is 0 Å². The van der Waals surface area contributed by atoms with Gasteiger partial charge in [0.1, 0.15) is 0 Å². The summed E-state index contributed by atoms with van der Waals surface area (Å²) >= 11 is 5.75. The van der Waals surface area contributed by atoms with E-state index in [1.807, 2.05) is 38.1 Å². The van der Waals surface area contributed by atoms with Crippen molar-refractivity contribution in [2.75, 3.05) is 12.4 Å². The van der Waals surface area contributed by atoms with Crippen LogP contribution in [0.25, 0.3) is 0 Å². The first-order chi connectivity index (χ1) is 11.1. The highest BCUT2D eigenvalue weighted by atomic mass is 35.5. The third-order valence-electron chi connectivity index (χ3n) is 3.81. The quantitative estimate of drug-likeness (QED) is 0.762. The number of alkyl halides is 1. The van der Waals surface area contributed by atoms with E-state index in [0.29, 0.717) is 24.5 Å². The minimum absolute atomic E-state index is 0.0435. The number of nitrogens with zero attached hydrogens (tertiary/aromatic N) is 2. The van der Waals surface area contributed by atoms with E-state index in [1.54, 1.807) is 4.68 Å². The number of carbonyl (C=O) groups is 1. The molecule has 1 amide bonds. The van der Waals surface area contributed by atoms with Crippen LogP contribution in [0.15, 0.2) is 24.3 Å². The number of carbonyl (C=O) groups excluding carboxylic acids is 1. The largest absolute Gasteiger partial charge is 0.392 e. The molecule has 0 atom stereocenters. The molecule has 0 aliphatic heterocycles. The molecule has 1 aromatic heterocycles. The Bertz CT molecular complexity index is 665. The summed E-state index contributed by atoms with van der Waals surface area (Å²) in [7, 11) is 0. The molecule has 2 rings (SSSR count). The highest BCUT2D eigenvalue weighted by molar-refractivity contribution is 6.17. The van der Waals surface area contributed by atoms with Crippen molar-refractivity contribution in [1.29, 1.82) is 0 Å². The second-order valence-corrected chi connectivity index (χ2v) is 5.82. The summed E-state index contributed by atoms with van der Waals surface area (Å²) in [6, 6.07) is 7.71. The fourth-order valence-electron chi connectivity index (χ4n) is 2.54. The highest BCUT2D eigenvalue weighted by Gasteiger charge is 2.17. The molecule has 23 heavy (non-hydrogen) atoms. The van der Waals surface area contributed by atoms with Crippen LogP contribution in [-0.2, 0) is 19.6 Å². The molecule has 0 spiro atoms. The average molecular weight is 336 g/mol. The molecule has 0 aliphatic rings. The standard InChI is InChI=1S/C17H22ClN3O2/c1-12-16(13(2)21(20-12)10-8-18)17(23)19-9-7-14-3-5-15(11-22)6-4-14/h3-6,22H,7-11H2,1-2H3,(H,19,23). The van der Waals surface area contributed by atoms with Gasteiger partial charge in [0.2, 0.25) is 0 Å². The van der Waals surface area contributed by atoms with Crippen molar-refractivity contribution in [3.8, 4) is 0 Å². The first-order valence-corrected chi connectivity index (χ1v) is 8.17. The topological polar surface area (TPSA) is 67.2 Å². The van der Waals surface area contributed by atoms with Crippen LogP contribution in [0, 0.1) is 13.8 Å². The van der Waals surface area contributed by atoms with Gasteiger partial charge in [0, 0.05) is 18.1 Å². The fourth-order valence-corrected chi connectivity index (χ4v) is 2.70. The number of halogens is 1. The molecule has 0 bridgehead atoms. The number of amides is 1. The van der Waals surface area contributed by atoms with Crippen molar-refractivity contribution >= 4 is 17.5 Å². The molecular weight excluding hydrogens is 314 g/mol.